The molecule has 0 saturated carbocycles. The van der Waals surface area contributed by atoms with Crippen LogP contribution < -0.4 is 10.1 Å². The Hall–Kier alpha value is -1.21. The molecule has 0 aliphatic carbocycles. The van der Waals surface area contributed by atoms with Gasteiger partial charge in [0.2, 0.25) is 0 Å². The number of ether oxygens (including phenoxy) is 1. The number of furan rings is 1. The number of carbonyl (C=O) groups is 1. The van der Waals surface area contributed by atoms with Crippen molar-refractivity contribution in [3.8, 4) is 5.75 Å². The van der Waals surface area contributed by atoms with E-state index in [0.29, 0.717) is 28.6 Å². The maximum Gasteiger partial charge on any atom is 0.255 e. The summed E-state index contributed by atoms with van der Waals surface area (Å²) in [5, 5.41) is 3.27. The summed E-state index contributed by atoms with van der Waals surface area (Å²) < 4.78 is 11.2. The summed E-state index contributed by atoms with van der Waals surface area (Å²) in [5.74, 6) is 0.918. The quantitative estimate of drug-likeness (QED) is 0.812. The van der Waals surface area contributed by atoms with Crippen LogP contribution in [0, 0.1) is 3.57 Å². The van der Waals surface area contributed by atoms with Gasteiger partial charge in [-0.3, -0.25) is 4.79 Å². The van der Waals surface area contributed by atoms with Gasteiger partial charge in [0.25, 0.3) is 5.91 Å². The standard InChI is InChI=1S/C13H11ClINO3/c1-18-12-6-11(15)10(14)5-9(12)13(17)16-7-8-3-2-4-19-8/h2-6H,7H2,1H3,(H,16,17). The molecule has 0 bridgehead atoms. The van der Waals surface area contributed by atoms with E-state index in [1.807, 2.05) is 0 Å². The van der Waals surface area contributed by atoms with E-state index in [1.165, 1.54) is 7.11 Å². The topological polar surface area (TPSA) is 51.5 Å². The molecule has 1 amide bonds. The van der Waals surface area contributed by atoms with Crippen molar-refractivity contribution < 1.29 is 13.9 Å². The molecule has 0 unspecified atom stereocenters. The van der Waals surface area contributed by atoms with Crippen LogP contribution in [-0.2, 0) is 6.54 Å². The summed E-state index contributed by atoms with van der Waals surface area (Å²) in [6.45, 7) is 0.318. The SMILES string of the molecule is COc1cc(I)c(Cl)cc1C(=O)NCc1ccco1. The van der Waals surface area contributed by atoms with Crippen LogP contribution >= 0.6 is 34.2 Å². The van der Waals surface area contributed by atoms with Crippen LogP contribution in [-0.4, -0.2) is 13.0 Å². The third kappa shape index (κ3) is 3.42. The highest BCUT2D eigenvalue weighted by atomic mass is 127. The van der Waals surface area contributed by atoms with Crippen molar-refractivity contribution in [2.24, 2.45) is 0 Å². The molecule has 1 aromatic carbocycles. The molecule has 19 heavy (non-hydrogen) atoms. The molecule has 1 heterocycles. The van der Waals surface area contributed by atoms with Gasteiger partial charge in [0.15, 0.2) is 0 Å². The Morgan fingerprint density at radius 3 is 2.95 bits per heavy atom. The second-order valence-corrected chi connectivity index (χ2v) is 5.30. The molecule has 2 aromatic rings. The van der Waals surface area contributed by atoms with Gasteiger partial charge in [-0.05, 0) is 46.9 Å². The molecular formula is C13H11ClINO3. The number of carbonyl (C=O) groups excluding carboxylic acids is 1. The molecule has 0 aliphatic heterocycles. The lowest BCUT2D eigenvalue weighted by Gasteiger charge is -2.10. The highest BCUT2D eigenvalue weighted by Gasteiger charge is 2.15. The smallest absolute Gasteiger partial charge is 0.255 e. The van der Waals surface area contributed by atoms with Crippen molar-refractivity contribution in [3.05, 3.63) is 50.4 Å². The van der Waals surface area contributed by atoms with Gasteiger partial charge in [-0.1, -0.05) is 11.6 Å². The van der Waals surface area contributed by atoms with Gasteiger partial charge in [-0.25, -0.2) is 0 Å². The first-order chi connectivity index (χ1) is 9.11. The maximum atomic E-state index is 12.1. The molecule has 4 nitrogen and oxygen atoms in total. The van der Waals surface area contributed by atoms with Crippen molar-refractivity contribution >= 4 is 40.1 Å². The van der Waals surface area contributed by atoms with E-state index in [-0.39, 0.29) is 5.91 Å². The highest BCUT2D eigenvalue weighted by Crippen LogP contribution is 2.28. The van der Waals surface area contributed by atoms with Crippen molar-refractivity contribution in [3.63, 3.8) is 0 Å². The minimum absolute atomic E-state index is 0.258. The molecule has 0 atom stereocenters. The van der Waals surface area contributed by atoms with Gasteiger partial charge < -0.3 is 14.5 Å². The van der Waals surface area contributed by atoms with Crippen LogP contribution in [0.4, 0.5) is 0 Å². The number of benzene rings is 1. The summed E-state index contributed by atoms with van der Waals surface area (Å²) in [5.41, 5.74) is 0.402. The van der Waals surface area contributed by atoms with Gasteiger partial charge in [-0.15, -0.1) is 0 Å². The number of methoxy groups -OCH3 is 1. The summed E-state index contributed by atoms with van der Waals surface area (Å²) in [6.07, 6.45) is 1.56. The lowest BCUT2D eigenvalue weighted by Crippen LogP contribution is -2.23. The van der Waals surface area contributed by atoms with Crippen LogP contribution in [0.3, 0.4) is 0 Å². The van der Waals surface area contributed by atoms with E-state index >= 15 is 0 Å². The van der Waals surface area contributed by atoms with Crippen LogP contribution in [0.5, 0.6) is 5.75 Å². The number of rotatable bonds is 4. The lowest BCUT2D eigenvalue weighted by atomic mass is 10.2. The predicted molar refractivity (Wildman–Crippen MR) is 80.6 cm³/mol. The molecule has 6 heteroatoms. The normalized spacial score (nSPS) is 10.3. The monoisotopic (exact) mass is 391 g/mol. The second kappa shape index (κ2) is 6.29. The summed E-state index contributed by atoms with van der Waals surface area (Å²) in [6, 6.07) is 6.88. The van der Waals surface area contributed by atoms with Crippen LogP contribution in [0.15, 0.2) is 34.9 Å². The minimum Gasteiger partial charge on any atom is -0.496 e. The van der Waals surface area contributed by atoms with Gasteiger partial charge in [0, 0.05) is 3.57 Å². The van der Waals surface area contributed by atoms with Crippen molar-refractivity contribution in [2.45, 2.75) is 6.54 Å². The highest BCUT2D eigenvalue weighted by molar-refractivity contribution is 14.1. The first-order valence-corrected chi connectivity index (χ1v) is 6.91. The van der Waals surface area contributed by atoms with Crippen LogP contribution in [0.1, 0.15) is 16.1 Å². The van der Waals surface area contributed by atoms with Crippen molar-refractivity contribution in [2.75, 3.05) is 7.11 Å². The Balaban J connectivity index is 2.16. The second-order valence-electron chi connectivity index (χ2n) is 3.73. The van der Waals surface area contributed by atoms with Crippen molar-refractivity contribution in [1.82, 2.24) is 5.32 Å². The molecule has 0 radical (unpaired) electrons. The van der Waals surface area contributed by atoms with E-state index in [1.54, 1.807) is 30.5 Å². The molecule has 0 saturated heterocycles. The summed E-state index contributed by atoms with van der Waals surface area (Å²) in [4.78, 5) is 12.1. The molecule has 0 aliphatic rings. The molecule has 100 valence electrons. The fourth-order valence-corrected chi connectivity index (χ4v) is 2.15. The Bertz CT molecular complexity index is 584. The Morgan fingerprint density at radius 1 is 1.53 bits per heavy atom. The first kappa shape index (κ1) is 14.2. The minimum atomic E-state index is -0.258. The van der Waals surface area contributed by atoms with Crippen molar-refractivity contribution in [1.29, 1.82) is 0 Å². The van der Waals surface area contributed by atoms with E-state index in [4.69, 9.17) is 20.8 Å². The Kier molecular flexibility index (Phi) is 4.71. The van der Waals surface area contributed by atoms with Gasteiger partial charge in [-0.2, -0.15) is 0 Å². The number of amides is 1. The first-order valence-electron chi connectivity index (χ1n) is 5.45. The summed E-state index contributed by atoms with van der Waals surface area (Å²) in [7, 11) is 1.52. The molecule has 1 N–H and O–H groups in total. The van der Waals surface area contributed by atoms with Crippen LogP contribution in [0.2, 0.25) is 5.02 Å². The number of halogens is 2. The zero-order valence-corrected chi connectivity index (χ0v) is 13.0. The molecule has 1 aromatic heterocycles. The number of hydrogen-bond donors (Lipinski definition) is 1. The fraction of sp³-hybridized carbons (Fsp3) is 0.154. The zero-order chi connectivity index (χ0) is 13.8. The zero-order valence-electron chi connectivity index (χ0n) is 10.1. The lowest BCUT2D eigenvalue weighted by molar-refractivity contribution is 0.0945. The number of hydrogen-bond acceptors (Lipinski definition) is 3. The van der Waals surface area contributed by atoms with E-state index in [0.717, 1.165) is 3.57 Å². The largest absolute Gasteiger partial charge is 0.496 e. The molecule has 2 rings (SSSR count). The van der Waals surface area contributed by atoms with Gasteiger partial charge in [0.05, 0.1) is 30.5 Å². The summed E-state index contributed by atoms with van der Waals surface area (Å²) >= 11 is 8.11. The van der Waals surface area contributed by atoms with E-state index < -0.39 is 0 Å². The maximum absolute atomic E-state index is 12.1. The molecule has 0 fully saturated rings. The average molecular weight is 392 g/mol. The third-order valence-electron chi connectivity index (χ3n) is 2.49. The van der Waals surface area contributed by atoms with E-state index in [9.17, 15) is 4.79 Å². The van der Waals surface area contributed by atoms with Gasteiger partial charge >= 0.3 is 0 Å². The average Bonchev–Trinajstić information content (AvgIpc) is 2.91. The Morgan fingerprint density at radius 2 is 2.32 bits per heavy atom. The number of nitrogens with one attached hydrogen (secondary N) is 1. The van der Waals surface area contributed by atoms with Gasteiger partial charge in [0.1, 0.15) is 11.5 Å². The molecule has 0 spiro atoms. The third-order valence-corrected chi connectivity index (χ3v) is 4.01. The van der Waals surface area contributed by atoms with E-state index in [2.05, 4.69) is 27.9 Å². The Labute approximate surface area is 129 Å². The molecular weight excluding hydrogens is 381 g/mol. The predicted octanol–water partition coefficient (Wildman–Crippen LogP) is 3.48. The fourth-order valence-electron chi connectivity index (χ4n) is 1.55. The van der Waals surface area contributed by atoms with Crippen LogP contribution in [0.25, 0.3) is 0 Å².